The second-order valence-electron chi connectivity index (χ2n) is 5.97. The van der Waals surface area contributed by atoms with E-state index in [0.717, 1.165) is 12.0 Å². The molecule has 0 spiro atoms. The Bertz CT molecular complexity index is 829. The van der Waals surface area contributed by atoms with Crippen molar-refractivity contribution in [1.82, 2.24) is 5.32 Å². The van der Waals surface area contributed by atoms with Crippen LogP contribution in [0.5, 0.6) is 11.5 Å². The molecule has 2 amide bonds. The lowest BCUT2D eigenvalue weighted by molar-refractivity contribution is -0.111. The number of anilines is 1. The van der Waals surface area contributed by atoms with Crippen LogP contribution in [0.2, 0.25) is 0 Å². The van der Waals surface area contributed by atoms with Crippen LogP contribution in [0.3, 0.4) is 0 Å². The normalized spacial score (nSPS) is 10.5. The molecule has 2 rings (SSSR count). The molecule has 28 heavy (non-hydrogen) atoms. The number of hydrogen-bond acceptors (Lipinski definition) is 4. The van der Waals surface area contributed by atoms with E-state index in [1.165, 1.54) is 6.08 Å². The van der Waals surface area contributed by atoms with Gasteiger partial charge in [-0.2, -0.15) is 0 Å². The molecule has 0 atom stereocenters. The van der Waals surface area contributed by atoms with Gasteiger partial charge in [0.15, 0.2) is 11.5 Å². The largest absolute Gasteiger partial charge is 0.490 e. The summed E-state index contributed by atoms with van der Waals surface area (Å²) in [5.74, 6) is 0.913. The quantitative estimate of drug-likeness (QED) is 0.645. The van der Waals surface area contributed by atoms with Gasteiger partial charge in [0.1, 0.15) is 0 Å². The zero-order valence-corrected chi connectivity index (χ0v) is 16.5. The van der Waals surface area contributed by atoms with E-state index < -0.39 is 0 Å². The molecule has 2 N–H and O–H groups in total. The summed E-state index contributed by atoms with van der Waals surface area (Å²) in [6.45, 7) is 5.11. The van der Waals surface area contributed by atoms with Crippen molar-refractivity contribution < 1.29 is 19.1 Å². The van der Waals surface area contributed by atoms with Gasteiger partial charge >= 0.3 is 0 Å². The van der Waals surface area contributed by atoms with E-state index in [0.29, 0.717) is 36.0 Å². The number of amides is 2. The van der Waals surface area contributed by atoms with Crippen molar-refractivity contribution in [3.8, 4) is 11.5 Å². The Labute approximate surface area is 165 Å². The van der Waals surface area contributed by atoms with Gasteiger partial charge in [0.25, 0.3) is 5.91 Å². The molecule has 0 fully saturated rings. The van der Waals surface area contributed by atoms with E-state index in [4.69, 9.17) is 9.47 Å². The lowest BCUT2D eigenvalue weighted by Gasteiger charge is -2.12. The third kappa shape index (κ3) is 6.16. The van der Waals surface area contributed by atoms with Crippen molar-refractivity contribution in [1.29, 1.82) is 0 Å². The van der Waals surface area contributed by atoms with Crippen LogP contribution in [0, 0.1) is 0 Å². The van der Waals surface area contributed by atoms with Crippen LogP contribution in [0.1, 0.15) is 36.2 Å². The summed E-state index contributed by atoms with van der Waals surface area (Å²) in [6.07, 6.45) is 4.07. The zero-order chi connectivity index (χ0) is 20.4. The standard InChI is InChI=1S/C22H26N2O4/c1-4-14-28-19-12-6-16(15-20(19)27-5-2)7-13-21(25)24-18-10-8-17(9-11-18)22(26)23-3/h6-13,15H,4-5,14H2,1-3H3,(H,23,26)(H,24,25)/b13-7+. The summed E-state index contributed by atoms with van der Waals surface area (Å²) < 4.78 is 11.3. The van der Waals surface area contributed by atoms with Gasteiger partial charge in [-0.25, -0.2) is 0 Å². The van der Waals surface area contributed by atoms with Crippen molar-refractivity contribution in [2.75, 3.05) is 25.6 Å². The van der Waals surface area contributed by atoms with Crippen molar-refractivity contribution in [3.05, 3.63) is 59.7 Å². The zero-order valence-electron chi connectivity index (χ0n) is 16.5. The number of carbonyl (C=O) groups is 2. The fraction of sp³-hybridized carbons (Fsp3) is 0.273. The van der Waals surface area contributed by atoms with Crippen molar-refractivity contribution in [2.24, 2.45) is 0 Å². The molecule has 0 bridgehead atoms. The average Bonchev–Trinajstić information content (AvgIpc) is 2.71. The Morgan fingerprint density at radius 1 is 1.00 bits per heavy atom. The molecule has 0 unspecified atom stereocenters. The first kappa shape index (κ1) is 21.0. The predicted molar refractivity (Wildman–Crippen MR) is 111 cm³/mol. The Morgan fingerprint density at radius 2 is 1.75 bits per heavy atom. The van der Waals surface area contributed by atoms with Gasteiger partial charge in [-0.05, 0) is 61.4 Å². The highest BCUT2D eigenvalue weighted by Gasteiger charge is 2.06. The highest BCUT2D eigenvalue weighted by atomic mass is 16.5. The molecule has 0 radical (unpaired) electrons. The number of carbonyl (C=O) groups excluding carboxylic acids is 2. The van der Waals surface area contributed by atoms with E-state index in [1.54, 1.807) is 37.4 Å². The van der Waals surface area contributed by atoms with Crippen LogP contribution in [-0.4, -0.2) is 32.1 Å². The second-order valence-corrected chi connectivity index (χ2v) is 5.97. The minimum Gasteiger partial charge on any atom is -0.490 e. The number of ether oxygens (including phenoxy) is 2. The molecule has 6 nitrogen and oxygen atoms in total. The van der Waals surface area contributed by atoms with Gasteiger partial charge in [-0.15, -0.1) is 0 Å². The first-order valence-corrected chi connectivity index (χ1v) is 9.28. The lowest BCUT2D eigenvalue weighted by atomic mass is 10.1. The van der Waals surface area contributed by atoms with E-state index in [1.807, 2.05) is 32.0 Å². The Kier molecular flexibility index (Phi) is 8.09. The summed E-state index contributed by atoms with van der Waals surface area (Å²) in [4.78, 5) is 23.7. The van der Waals surface area contributed by atoms with E-state index in [-0.39, 0.29) is 11.8 Å². The summed E-state index contributed by atoms with van der Waals surface area (Å²) in [5, 5.41) is 5.31. The number of nitrogens with one attached hydrogen (secondary N) is 2. The third-order valence-corrected chi connectivity index (χ3v) is 3.80. The van der Waals surface area contributed by atoms with Crippen LogP contribution < -0.4 is 20.1 Å². The highest BCUT2D eigenvalue weighted by molar-refractivity contribution is 6.02. The van der Waals surface area contributed by atoms with Crippen LogP contribution in [-0.2, 0) is 4.79 Å². The number of benzene rings is 2. The van der Waals surface area contributed by atoms with Crippen molar-refractivity contribution in [2.45, 2.75) is 20.3 Å². The molecular formula is C22H26N2O4. The molecule has 2 aromatic carbocycles. The third-order valence-electron chi connectivity index (χ3n) is 3.80. The van der Waals surface area contributed by atoms with Crippen LogP contribution >= 0.6 is 0 Å². The molecule has 2 aromatic rings. The lowest BCUT2D eigenvalue weighted by Crippen LogP contribution is -2.17. The second kappa shape index (κ2) is 10.8. The van der Waals surface area contributed by atoms with Crippen molar-refractivity contribution >= 4 is 23.6 Å². The molecule has 0 aromatic heterocycles. The smallest absolute Gasteiger partial charge is 0.251 e. The molecule has 0 aliphatic heterocycles. The summed E-state index contributed by atoms with van der Waals surface area (Å²) in [7, 11) is 1.57. The van der Waals surface area contributed by atoms with E-state index >= 15 is 0 Å². The van der Waals surface area contributed by atoms with Crippen LogP contribution in [0.15, 0.2) is 48.5 Å². The fourth-order valence-electron chi connectivity index (χ4n) is 2.43. The molecular weight excluding hydrogens is 356 g/mol. The Hall–Kier alpha value is -3.28. The summed E-state index contributed by atoms with van der Waals surface area (Å²) in [6, 6.07) is 12.2. The van der Waals surface area contributed by atoms with Gasteiger partial charge in [0.2, 0.25) is 5.91 Å². The fourth-order valence-corrected chi connectivity index (χ4v) is 2.43. The molecule has 6 heteroatoms. The van der Waals surface area contributed by atoms with Crippen molar-refractivity contribution in [3.63, 3.8) is 0 Å². The average molecular weight is 382 g/mol. The number of hydrogen-bond donors (Lipinski definition) is 2. The van der Waals surface area contributed by atoms with Gasteiger partial charge in [-0.3, -0.25) is 9.59 Å². The van der Waals surface area contributed by atoms with E-state index in [2.05, 4.69) is 10.6 Å². The first-order valence-electron chi connectivity index (χ1n) is 9.28. The minimum atomic E-state index is -0.267. The topological polar surface area (TPSA) is 76.7 Å². The highest BCUT2D eigenvalue weighted by Crippen LogP contribution is 2.29. The molecule has 148 valence electrons. The molecule has 0 aliphatic rings. The molecule has 0 heterocycles. The van der Waals surface area contributed by atoms with Gasteiger partial charge in [0.05, 0.1) is 13.2 Å². The van der Waals surface area contributed by atoms with Crippen LogP contribution in [0.4, 0.5) is 5.69 Å². The maximum Gasteiger partial charge on any atom is 0.251 e. The maximum atomic E-state index is 12.1. The maximum absolute atomic E-state index is 12.1. The van der Waals surface area contributed by atoms with Gasteiger partial charge < -0.3 is 20.1 Å². The number of rotatable bonds is 9. The molecule has 0 aliphatic carbocycles. The summed E-state index contributed by atoms with van der Waals surface area (Å²) >= 11 is 0. The summed E-state index contributed by atoms with van der Waals surface area (Å²) in [5.41, 5.74) is 1.97. The van der Waals surface area contributed by atoms with E-state index in [9.17, 15) is 9.59 Å². The Morgan fingerprint density at radius 3 is 2.39 bits per heavy atom. The molecule has 0 saturated carbocycles. The SMILES string of the molecule is CCCOc1ccc(/C=C/C(=O)Nc2ccc(C(=O)NC)cc2)cc1OCC. The van der Waals surface area contributed by atoms with Gasteiger partial charge in [0, 0.05) is 24.4 Å². The van der Waals surface area contributed by atoms with Gasteiger partial charge in [-0.1, -0.05) is 13.0 Å². The first-order chi connectivity index (χ1) is 13.6. The minimum absolute atomic E-state index is 0.172. The molecule has 0 saturated heterocycles. The predicted octanol–water partition coefficient (Wildman–Crippen LogP) is 3.89. The Balaban J connectivity index is 2.02. The monoisotopic (exact) mass is 382 g/mol. The van der Waals surface area contributed by atoms with Crippen LogP contribution in [0.25, 0.3) is 6.08 Å².